The van der Waals surface area contributed by atoms with Crippen LogP contribution in [-0.4, -0.2) is 45.0 Å². The molecule has 7 nitrogen and oxygen atoms in total. The normalized spacial score (nSPS) is 17.4. The van der Waals surface area contributed by atoms with Crippen molar-refractivity contribution in [2.45, 2.75) is 71.3 Å². The van der Waals surface area contributed by atoms with E-state index < -0.39 is 0 Å². The van der Waals surface area contributed by atoms with E-state index >= 15 is 0 Å². The Hall–Kier alpha value is -2.44. The second kappa shape index (κ2) is 8.29. The smallest absolute Gasteiger partial charge is 0.220 e. The van der Waals surface area contributed by atoms with Crippen LogP contribution in [0.25, 0.3) is 5.82 Å². The second-order valence-corrected chi connectivity index (χ2v) is 8.05. The van der Waals surface area contributed by atoms with Gasteiger partial charge in [0.25, 0.3) is 0 Å². The molecule has 4 rings (SSSR count). The van der Waals surface area contributed by atoms with Crippen LogP contribution in [0.2, 0.25) is 0 Å². The highest BCUT2D eigenvalue weighted by atomic mass is 16.1. The van der Waals surface area contributed by atoms with Gasteiger partial charge < -0.3 is 10.2 Å². The maximum Gasteiger partial charge on any atom is 0.220 e. The van der Waals surface area contributed by atoms with E-state index in [9.17, 15) is 4.79 Å². The van der Waals surface area contributed by atoms with E-state index in [1.54, 1.807) is 0 Å². The monoisotopic (exact) mass is 382 g/mol. The molecule has 0 unspecified atom stereocenters. The molecule has 2 aliphatic rings. The summed E-state index contributed by atoms with van der Waals surface area (Å²) in [7, 11) is 0. The first-order valence-electron chi connectivity index (χ1n) is 10.6. The maximum absolute atomic E-state index is 12.3. The molecule has 1 N–H and O–H groups in total. The SMILES string of the molecule is Cc1nn(-c2ccc(N3CCCC3)nn2)c(C)c1CCC(=O)NC1CCCC1. The number of hydrogen-bond acceptors (Lipinski definition) is 5. The van der Waals surface area contributed by atoms with Crippen LogP contribution in [0.15, 0.2) is 12.1 Å². The summed E-state index contributed by atoms with van der Waals surface area (Å²) >= 11 is 0. The third kappa shape index (κ3) is 4.03. The van der Waals surface area contributed by atoms with Gasteiger partial charge in [0, 0.05) is 31.2 Å². The Balaban J connectivity index is 1.42. The molecule has 1 aliphatic heterocycles. The Labute approximate surface area is 166 Å². The zero-order chi connectivity index (χ0) is 19.5. The van der Waals surface area contributed by atoms with E-state index in [1.807, 2.05) is 30.7 Å². The quantitative estimate of drug-likeness (QED) is 0.831. The molecule has 3 heterocycles. The highest BCUT2D eigenvalue weighted by Crippen LogP contribution is 2.21. The lowest BCUT2D eigenvalue weighted by Crippen LogP contribution is -2.32. The summed E-state index contributed by atoms with van der Waals surface area (Å²) in [6, 6.07) is 4.39. The molecule has 7 heteroatoms. The average molecular weight is 383 g/mol. The number of carbonyl (C=O) groups excluding carboxylic acids is 1. The van der Waals surface area contributed by atoms with Crippen molar-refractivity contribution in [1.82, 2.24) is 25.3 Å². The average Bonchev–Trinajstić information content (AvgIpc) is 3.44. The van der Waals surface area contributed by atoms with Crippen molar-refractivity contribution in [1.29, 1.82) is 0 Å². The van der Waals surface area contributed by atoms with Crippen LogP contribution < -0.4 is 10.2 Å². The molecule has 0 atom stereocenters. The van der Waals surface area contributed by atoms with Crippen molar-refractivity contribution in [2.24, 2.45) is 0 Å². The van der Waals surface area contributed by atoms with Gasteiger partial charge in [-0.2, -0.15) is 5.10 Å². The van der Waals surface area contributed by atoms with E-state index in [0.29, 0.717) is 18.9 Å². The van der Waals surface area contributed by atoms with Gasteiger partial charge >= 0.3 is 0 Å². The van der Waals surface area contributed by atoms with Gasteiger partial charge in [-0.15, -0.1) is 10.2 Å². The van der Waals surface area contributed by atoms with Crippen molar-refractivity contribution in [3.63, 3.8) is 0 Å². The Morgan fingerprint density at radius 3 is 2.43 bits per heavy atom. The van der Waals surface area contributed by atoms with Crippen LogP contribution in [0, 0.1) is 13.8 Å². The highest BCUT2D eigenvalue weighted by molar-refractivity contribution is 5.76. The van der Waals surface area contributed by atoms with Crippen molar-refractivity contribution in [3.8, 4) is 5.82 Å². The number of aryl methyl sites for hydroxylation is 1. The fraction of sp³-hybridized carbons (Fsp3) is 0.619. The molecule has 0 spiro atoms. The van der Waals surface area contributed by atoms with E-state index in [-0.39, 0.29) is 5.91 Å². The minimum absolute atomic E-state index is 0.146. The van der Waals surface area contributed by atoms with Gasteiger partial charge in [0.15, 0.2) is 11.6 Å². The van der Waals surface area contributed by atoms with Crippen LogP contribution in [0.4, 0.5) is 5.82 Å². The van der Waals surface area contributed by atoms with Crippen LogP contribution in [-0.2, 0) is 11.2 Å². The fourth-order valence-corrected chi connectivity index (χ4v) is 4.41. The van der Waals surface area contributed by atoms with E-state index in [4.69, 9.17) is 0 Å². The van der Waals surface area contributed by atoms with Gasteiger partial charge in [-0.25, -0.2) is 4.68 Å². The lowest BCUT2D eigenvalue weighted by Gasteiger charge is -2.15. The third-order valence-electron chi connectivity index (χ3n) is 6.05. The topological polar surface area (TPSA) is 75.9 Å². The van der Waals surface area contributed by atoms with Gasteiger partial charge in [0.05, 0.1) is 5.69 Å². The molecule has 2 aromatic heterocycles. The number of hydrogen-bond donors (Lipinski definition) is 1. The number of aromatic nitrogens is 4. The molecule has 150 valence electrons. The zero-order valence-electron chi connectivity index (χ0n) is 16.9. The summed E-state index contributed by atoms with van der Waals surface area (Å²) in [5.74, 6) is 1.81. The summed E-state index contributed by atoms with van der Waals surface area (Å²) in [5.41, 5.74) is 3.12. The molecular formula is C21H30N6O. The van der Waals surface area contributed by atoms with Crippen molar-refractivity contribution < 1.29 is 4.79 Å². The minimum atomic E-state index is 0.146. The summed E-state index contributed by atoms with van der Waals surface area (Å²) in [6.07, 6.45) is 8.35. The Bertz CT molecular complexity index is 816. The van der Waals surface area contributed by atoms with Crippen LogP contribution >= 0.6 is 0 Å². The Morgan fingerprint density at radius 2 is 1.75 bits per heavy atom. The van der Waals surface area contributed by atoms with E-state index in [0.717, 1.165) is 54.5 Å². The molecule has 0 radical (unpaired) electrons. The zero-order valence-corrected chi connectivity index (χ0v) is 16.9. The number of amides is 1. The predicted octanol–water partition coefficient (Wildman–Crippen LogP) is 2.87. The first-order chi connectivity index (χ1) is 13.6. The van der Waals surface area contributed by atoms with Gasteiger partial charge in [-0.05, 0) is 63.6 Å². The van der Waals surface area contributed by atoms with Crippen molar-refractivity contribution in [2.75, 3.05) is 18.0 Å². The van der Waals surface area contributed by atoms with E-state index in [1.165, 1.54) is 25.7 Å². The van der Waals surface area contributed by atoms with Gasteiger partial charge in [-0.1, -0.05) is 12.8 Å². The minimum Gasteiger partial charge on any atom is -0.355 e. The molecule has 2 aromatic rings. The Morgan fingerprint density at radius 1 is 1.07 bits per heavy atom. The first kappa shape index (κ1) is 18.9. The highest BCUT2D eigenvalue weighted by Gasteiger charge is 2.19. The maximum atomic E-state index is 12.3. The largest absolute Gasteiger partial charge is 0.355 e. The number of nitrogens with zero attached hydrogens (tertiary/aromatic N) is 5. The van der Waals surface area contributed by atoms with Crippen molar-refractivity contribution >= 4 is 11.7 Å². The molecule has 1 aliphatic carbocycles. The number of anilines is 1. The van der Waals surface area contributed by atoms with Gasteiger partial charge in [-0.3, -0.25) is 4.79 Å². The van der Waals surface area contributed by atoms with Crippen LogP contribution in [0.5, 0.6) is 0 Å². The lowest BCUT2D eigenvalue weighted by atomic mass is 10.1. The summed E-state index contributed by atoms with van der Waals surface area (Å²) in [6.45, 7) is 6.15. The molecular weight excluding hydrogens is 352 g/mol. The van der Waals surface area contributed by atoms with Gasteiger partial charge in [0.1, 0.15) is 0 Å². The first-order valence-corrected chi connectivity index (χ1v) is 10.6. The summed E-state index contributed by atoms with van der Waals surface area (Å²) < 4.78 is 1.85. The third-order valence-corrected chi connectivity index (χ3v) is 6.05. The van der Waals surface area contributed by atoms with Crippen molar-refractivity contribution in [3.05, 3.63) is 29.1 Å². The molecule has 1 saturated carbocycles. The molecule has 1 amide bonds. The molecule has 0 aromatic carbocycles. The summed E-state index contributed by atoms with van der Waals surface area (Å²) in [4.78, 5) is 14.5. The van der Waals surface area contributed by atoms with Crippen LogP contribution in [0.3, 0.4) is 0 Å². The van der Waals surface area contributed by atoms with Gasteiger partial charge in [0.2, 0.25) is 5.91 Å². The Kier molecular flexibility index (Phi) is 5.59. The molecule has 0 bridgehead atoms. The number of carbonyl (C=O) groups is 1. The number of nitrogens with one attached hydrogen (secondary N) is 1. The summed E-state index contributed by atoms with van der Waals surface area (Å²) in [5, 5.41) is 16.6. The van der Waals surface area contributed by atoms with Crippen LogP contribution in [0.1, 0.15) is 61.9 Å². The second-order valence-electron chi connectivity index (χ2n) is 8.05. The fourth-order valence-electron chi connectivity index (χ4n) is 4.41. The standard InChI is InChI=1S/C21H30N6O/c1-15-18(9-12-21(28)22-17-7-3-4-8-17)16(2)27(25-15)20-11-10-19(23-24-20)26-13-5-6-14-26/h10-11,17H,3-9,12-14H2,1-2H3,(H,22,28). The molecule has 1 saturated heterocycles. The van der Waals surface area contributed by atoms with E-state index in [2.05, 4.69) is 25.5 Å². The molecule has 2 fully saturated rings. The lowest BCUT2D eigenvalue weighted by molar-refractivity contribution is -0.121. The number of rotatable bonds is 6. The molecule has 28 heavy (non-hydrogen) atoms. The predicted molar refractivity (Wildman–Crippen MR) is 109 cm³/mol.